The number of nitrogens with one attached hydrogen (secondary N) is 2. The monoisotopic (exact) mass is 409 g/mol. The van der Waals surface area contributed by atoms with Gasteiger partial charge in [-0.25, -0.2) is 9.37 Å². The van der Waals surface area contributed by atoms with Crippen molar-refractivity contribution in [3.05, 3.63) is 63.5 Å². The highest BCUT2D eigenvalue weighted by Gasteiger charge is 2.18. The number of carbonyl (C=O) groups excluding carboxylic acids is 1. The maximum absolute atomic E-state index is 14.2. The number of nitrogens with zero attached hydrogens (tertiary/aromatic N) is 3. The smallest absolute Gasteiger partial charge is 0.274 e. The molecule has 1 unspecified atom stereocenters. The molecule has 28 heavy (non-hydrogen) atoms. The van der Waals surface area contributed by atoms with Gasteiger partial charge in [0, 0.05) is 24.5 Å². The number of aromatic nitrogens is 1. The highest BCUT2D eigenvalue weighted by atomic mass is 35.5. The number of pyridine rings is 1. The Morgan fingerprint density at radius 2 is 2.04 bits per heavy atom. The van der Waals surface area contributed by atoms with E-state index in [1.807, 2.05) is 0 Å². The molecule has 0 aliphatic carbocycles. The van der Waals surface area contributed by atoms with Gasteiger partial charge in [-0.15, -0.1) is 0 Å². The minimum atomic E-state index is -0.832. The van der Waals surface area contributed by atoms with Crippen molar-refractivity contribution in [1.82, 2.24) is 10.3 Å². The van der Waals surface area contributed by atoms with Crippen molar-refractivity contribution in [3.63, 3.8) is 0 Å². The van der Waals surface area contributed by atoms with Crippen LogP contribution in [0.15, 0.2) is 46.7 Å². The first-order valence-corrected chi connectivity index (χ1v) is 8.40. The molecule has 2 aromatic rings. The summed E-state index contributed by atoms with van der Waals surface area (Å²) in [5.41, 5.74) is 10.6. The summed E-state index contributed by atoms with van der Waals surface area (Å²) in [6.07, 6.45) is 1.34. The first-order valence-electron chi connectivity index (χ1n) is 8.02. The quantitative estimate of drug-likeness (QED) is 0.326. The van der Waals surface area contributed by atoms with Crippen LogP contribution in [0.25, 0.3) is 0 Å². The average molecular weight is 410 g/mol. The summed E-state index contributed by atoms with van der Waals surface area (Å²) in [4.78, 5) is 30.5. The molecule has 0 aliphatic heterocycles. The van der Waals surface area contributed by atoms with E-state index in [4.69, 9.17) is 17.3 Å². The summed E-state index contributed by atoms with van der Waals surface area (Å²) < 4.78 is 14.2. The molecule has 0 saturated heterocycles. The summed E-state index contributed by atoms with van der Waals surface area (Å²) in [7, 11) is 2.94. The highest BCUT2D eigenvalue weighted by Crippen LogP contribution is 2.22. The van der Waals surface area contributed by atoms with Gasteiger partial charge in [-0.3, -0.25) is 9.79 Å². The third kappa shape index (κ3) is 6.56. The summed E-state index contributed by atoms with van der Waals surface area (Å²) >= 11 is 5.74. The molecule has 0 saturated carbocycles. The van der Waals surface area contributed by atoms with Crippen molar-refractivity contribution in [1.29, 1.82) is 0 Å². The molecule has 1 amide bonds. The molecule has 11 heteroatoms. The number of halogens is 2. The van der Waals surface area contributed by atoms with Gasteiger partial charge in [-0.05, 0) is 37.4 Å². The topological polar surface area (TPSA) is 148 Å². The second-order valence-corrected chi connectivity index (χ2v) is 5.61. The Morgan fingerprint density at radius 3 is 2.61 bits per heavy atom. The second-order valence-electron chi connectivity index (χ2n) is 5.17. The summed E-state index contributed by atoms with van der Waals surface area (Å²) in [5, 5.41) is 8.48. The number of guanidine groups is 1. The van der Waals surface area contributed by atoms with Crippen molar-refractivity contribution in [2.75, 3.05) is 26.0 Å². The molecule has 0 radical (unpaired) electrons. The van der Waals surface area contributed by atoms with E-state index in [2.05, 4.69) is 31.5 Å². The van der Waals surface area contributed by atoms with E-state index in [1.54, 1.807) is 0 Å². The van der Waals surface area contributed by atoms with E-state index in [0.717, 1.165) is 0 Å². The molecule has 0 aliphatic rings. The first kappa shape index (κ1) is 22.9. The maximum atomic E-state index is 14.2. The van der Waals surface area contributed by atoms with Gasteiger partial charge >= 0.3 is 0 Å². The van der Waals surface area contributed by atoms with Crippen LogP contribution in [0.4, 0.5) is 10.1 Å². The number of nitroso groups, excluding NO2 is 1. The molecule has 0 fully saturated rings. The number of aliphatic imine (C=N–C) groups is 1. The zero-order valence-electron chi connectivity index (χ0n) is 15.3. The Morgan fingerprint density at radius 1 is 1.32 bits per heavy atom. The number of amides is 1. The van der Waals surface area contributed by atoms with Crippen molar-refractivity contribution in [2.45, 2.75) is 6.04 Å². The van der Waals surface area contributed by atoms with Crippen LogP contribution in [-0.2, 0) is 0 Å². The average Bonchev–Trinajstić information content (AvgIpc) is 2.71. The van der Waals surface area contributed by atoms with Gasteiger partial charge in [-0.2, -0.15) is 4.91 Å². The molecule has 6 N–H and O–H groups in total. The molecule has 2 rings (SSSR count). The third-order valence-electron chi connectivity index (χ3n) is 3.41. The van der Waals surface area contributed by atoms with Crippen LogP contribution < -0.4 is 22.1 Å². The normalized spacial score (nSPS) is 11.7. The van der Waals surface area contributed by atoms with Crippen LogP contribution in [0.1, 0.15) is 22.1 Å². The molecular weight excluding hydrogens is 389 g/mol. The predicted molar refractivity (Wildman–Crippen MR) is 108 cm³/mol. The number of rotatable bonds is 6. The van der Waals surface area contributed by atoms with E-state index in [0.29, 0.717) is 10.7 Å². The lowest BCUT2D eigenvalue weighted by molar-refractivity contribution is 0.102. The van der Waals surface area contributed by atoms with E-state index in [-0.39, 0.29) is 23.8 Å². The lowest BCUT2D eigenvalue weighted by Gasteiger charge is -2.18. The SMILES string of the molecule is CN.CN=C(N)NC(CN=O)c1cc(NC(=O)c2ccc(Cl)cn2)ccc1F. The number of hydrogen-bond acceptors (Lipinski definition) is 6. The molecule has 1 aromatic heterocycles. The lowest BCUT2D eigenvalue weighted by Crippen LogP contribution is -2.36. The Labute approximate surface area is 166 Å². The minimum Gasteiger partial charge on any atom is -0.370 e. The highest BCUT2D eigenvalue weighted by molar-refractivity contribution is 6.30. The second kappa shape index (κ2) is 11.6. The molecule has 9 nitrogen and oxygen atoms in total. The fourth-order valence-electron chi connectivity index (χ4n) is 2.13. The molecule has 1 atom stereocenters. The summed E-state index contributed by atoms with van der Waals surface area (Å²) in [5.74, 6) is -1.05. The van der Waals surface area contributed by atoms with Gasteiger partial charge < -0.3 is 22.1 Å². The van der Waals surface area contributed by atoms with Gasteiger partial charge in [0.25, 0.3) is 5.91 Å². The van der Waals surface area contributed by atoms with E-state index in [1.165, 1.54) is 50.6 Å². The molecule has 1 heterocycles. The molecule has 0 spiro atoms. The first-order chi connectivity index (χ1) is 13.4. The molecule has 0 bridgehead atoms. The van der Waals surface area contributed by atoms with Crippen LogP contribution >= 0.6 is 11.6 Å². The van der Waals surface area contributed by atoms with Gasteiger partial charge in [-0.1, -0.05) is 16.8 Å². The zero-order chi connectivity index (χ0) is 21.1. The number of benzene rings is 1. The summed E-state index contributed by atoms with van der Waals surface area (Å²) in [6, 6.07) is 6.09. The number of nitrogens with two attached hydrogens (primary N) is 2. The Kier molecular flexibility index (Phi) is 9.48. The van der Waals surface area contributed by atoms with Crippen LogP contribution in [0.5, 0.6) is 0 Å². The number of anilines is 1. The van der Waals surface area contributed by atoms with Crippen molar-refractivity contribution >= 4 is 29.2 Å². The van der Waals surface area contributed by atoms with Crippen molar-refractivity contribution < 1.29 is 9.18 Å². The number of hydrogen-bond donors (Lipinski definition) is 4. The Bertz CT molecular complexity index is 831. The molecule has 150 valence electrons. The standard InChI is InChI=1S/C16H16ClFN6O2.CH5N/c1-20-16(19)24-14(8-22-26)11-6-10(3-4-12(11)18)23-15(25)13-5-2-9(17)7-21-13;1-2/h2-7,14H,8H2,1H3,(H,23,25)(H3,19,20,24);2H2,1H3. The third-order valence-corrected chi connectivity index (χ3v) is 3.63. The largest absolute Gasteiger partial charge is 0.370 e. The Hall–Kier alpha value is -3.11. The zero-order valence-corrected chi connectivity index (χ0v) is 16.1. The van der Waals surface area contributed by atoms with Gasteiger partial charge in [0.15, 0.2) is 5.96 Å². The van der Waals surface area contributed by atoms with Gasteiger partial charge in [0.05, 0.1) is 11.1 Å². The van der Waals surface area contributed by atoms with Crippen LogP contribution in [0.3, 0.4) is 0 Å². The fourth-order valence-corrected chi connectivity index (χ4v) is 2.24. The van der Waals surface area contributed by atoms with Gasteiger partial charge in [0.2, 0.25) is 0 Å². The van der Waals surface area contributed by atoms with Crippen LogP contribution in [0, 0.1) is 10.7 Å². The van der Waals surface area contributed by atoms with Crippen LogP contribution in [0.2, 0.25) is 5.02 Å². The number of carbonyl (C=O) groups is 1. The Balaban J connectivity index is 0.00000190. The minimum absolute atomic E-state index is 0.0258. The van der Waals surface area contributed by atoms with E-state index >= 15 is 0 Å². The fraction of sp³-hybridized carbons (Fsp3) is 0.235. The van der Waals surface area contributed by atoms with Gasteiger partial charge in [0.1, 0.15) is 18.1 Å². The van der Waals surface area contributed by atoms with Crippen LogP contribution in [-0.4, -0.2) is 37.5 Å². The predicted octanol–water partition coefficient (Wildman–Crippen LogP) is 2.04. The molecule has 1 aromatic carbocycles. The molecular formula is C17H21ClFN7O2. The van der Waals surface area contributed by atoms with E-state index < -0.39 is 17.8 Å². The van der Waals surface area contributed by atoms with E-state index in [9.17, 15) is 14.1 Å². The van der Waals surface area contributed by atoms with Crippen molar-refractivity contribution in [2.24, 2.45) is 21.6 Å². The lowest BCUT2D eigenvalue weighted by atomic mass is 10.1. The summed E-state index contributed by atoms with van der Waals surface area (Å²) in [6.45, 7) is -0.275. The van der Waals surface area contributed by atoms with Crippen molar-refractivity contribution in [3.8, 4) is 0 Å². The maximum Gasteiger partial charge on any atom is 0.274 e.